The second-order valence-electron chi connectivity index (χ2n) is 3.16. The predicted molar refractivity (Wildman–Crippen MR) is 53.2 cm³/mol. The van der Waals surface area contributed by atoms with Crippen LogP contribution in [0.1, 0.15) is 12.7 Å². The van der Waals surface area contributed by atoms with Crippen LogP contribution < -0.4 is 5.73 Å². The summed E-state index contributed by atoms with van der Waals surface area (Å²) in [7, 11) is 0. The van der Waals surface area contributed by atoms with Crippen molar-refractivity contribution in [2.75, 3.05) is 5.73 Å². The van der Waals surface area contributed by atoms with Gasteiger partial charge in [0, 0.05) is 17.9 Å². The van der Waals surface area contributed by atoms with E-state index in [0.29, 0.717) is 12.2 Å². The van der Waals surface area contributed by atoms with Crippen molar-refractivity contribution in [3.63, 3.8) is 0 Å². The van der Waals surface area contributed by atoms with Crippen LogP contribution in [-0.4, -0.2) is 9.97 Å². The summed E-state index contributed by atoms with van der Waals surface area (Å²) < 4.78 is 26.3. The zero-order valence-electron chi connectivity index (χ0n) is 8.09. The molecule has 0 saturated heterocycles. The number of anilines is 1. The molecule has 0 spiro atoms. The van der Waals surface area contributed by atoms with Crippen molar-refractivity contribution in [1.82, 2.24) is 9.97 Å². The monoisotopic (exact) mass is 209 g/mol. The molecule has 2 rings (SSSR count). The molecule has 2 aromatic rings. The van der Waals surface area contributed by atoms with E-state index in [1.54, 1.807) is 0 Å². The first-order chi connectivity index (χ1) is 7.11. The lowest BCUT2D eigenvalue weighted by Crippen LogP contribution is -2.01. The average molecular weight is 209 g/mol. The highest BCUT2D eigenvalue weighted by Gasteiger charge is 2.10. The number of aryl methyl sites for hydroxylation is 1. The molecule has 0 bridgehead atoms. The Labute approximate surface area is 85.0 Å². The van der Waals surface area contributed by atoms with Gasteiger partial charge in [0.1, 0.15) is 23.0 Å². The van der Waals surface area contributed by atoms with E-state index >= 15 is 0 Å². The quantitative estimate of drug-likeness (QED) is 0.782. The Morgan fingerprint density at radius 1 is 1.27 bits per heavy atom. The molecular formula is C10H9F2N3. The molecule has 0 unspecified atom stereocenters. The van der Waals surface area contributed by atoms with Crippen molar-refractivity contribution in [1.29, 1.82) is 0 Å². The Balaban J connectivity index is 2.85. The standard InChI is InChI=1S/C10H9F2N3/c1-2-8-14-9-6(10(13)15-8)3-5(11)4-7(9)12/h3-4H,2H2,1H3,(H2,13,14,15). The van der Waals surface area contributed by atoms with E-state index in [4.69, 9.17) is 5.73 Å². The number of rotatable bonds is 1. The molecular weight excluding hydrogens is 200 g/mol. The molecule has 0 aliphatic rings. The molecule has 78 valence electrons. The number of nitrogens with zero attached hydrogens (tertiary/aromatic N) is 2. The number of halogens is 2. The minimum Gasteiger partial charge on any atom is -0.383 e. The number of hydrogen-bond donors (Lipinski definition) is 1. The number of benzene rings is 1. The van der Waals surface area contributed by atoms with E-state index in [1.165, 1.54) is 0 Å². The maximum atomic E-state index is 13.4. The van der Waals surface area contributed by atoms with Gasteiger partial charge in [0.2, 0.25) is 0 Å². The third-order valence-corrected chi connectivity index (χ3v) is 2.11. The summed E-state index contributed by atoms with van der Waals surface area (Å²) in [5.41, 5.74) is 5.66. The molecule has 2 N–H and O–H groups in total. The van der Waals surface area contributed by atoms with Gasteiger partial charge in [-0.15, -0.1) is 0 Å². The van der Waals surface area contributed by atoms with Crippen LogP contribution in [0.2, 0.25) is 0 Å². The normalized spacial score (nSPS) is 10.9. The summed E-state index contributed by atoms with van der Waals surface area (Å²) in [6, 6.07) is 1.92. The number of nitrogens with two attached hydrogens (primary N) is 1. The van der Waals surface area contributed by atoms with Gasteiger partial charge >= 0.3 is 0 Å². The molecule has 0 aliphatic heterocycles. The van der Waals surface area contributed by atoms with Crippen molar-refractivity contribution >= 4 is 16.7 Å². The molecule has 0 aliphatic carbocycles. The Morgan fingerprint density at radius 2 is 2.00 bits per heavy atom. The van der Waals surface area contributed by atoms with Gasteiger partial charge in [-0.3, -0.25) is 0 Å². The number of nitrogen functional groups attached to an aromatic ring is 1. The van der Waals surface area contributed by atoms with Crippen molar-refractivity contribution < 1.29 is 8.78 Å². The first kappa shape index (κ1) is 9.76. The Morgan fingerprint density at radius 3 is 2.67 bits per heavy atom. The molecule has 0 radical (unpaired) electrons. The molecule has 0 saturated carbocycles. The molecule has 3 nitrogen and oxygen atoms in total. The fraction of sp³-hybridized carbons (Fsp3) is 0.200. The number of aromatic nitrogens is 2. The predicted octanol–water partition coefficient (Wildman–Crippen LogP) is 2.05. The summed E-state index contributed by atoms with van der Waals surface area (Å²) in [6.45, 7) is 1.84. The van der Waals surface area contributed by atoms with E-state index < -0.39 is 11.6 Å². The van der Waals surface area contributed by atoms with Gasteiger partial charge < -0.3 is 5.73 Å². The van der Waals surface area contributed by atoms with Crippen LogP contribution in [0, 0.1) is 11.6 Å². The van der Waals surface area contributed by atoms with E-state index in [0.717, 1.165) is 12.1 Å². The molecule has 1 heterocycles. The fourth-order valence-electron chi connectivity index (χ4n) is 1.39. The van der Waals surface area contributed by atoms with E-state index in [-0.39, 0.29) is 16.7 Å². The van der Waals surface area contributed by atoms with Gasteiger partial charge in [-0.05, 0) is 6.07 Å². The van der Waals surface area contributed by atoms with Crippen LogP contribution in [0.5, 0.6) is 0 Å². The molecule has 0 amide bonds. The highest BCUT2D eigenvalue weighted by atomic mass is 19.1. The van der Waals surface area contributed by atoms with Crippen molar-refractivity contribution in [2.45, 2.75) is 13.3 Å². The summed E-state index contributed by atoms with van der Waals surface area (Å²) in [5, 5.41) is 0.213. The highest BCUT2D eigenvalue weighted by molar-refractivity contribution is 5.88. The minimum atomic E-state index is -0.714. The summed E-state index contributed by atoms with van der Waals surface area (Å²) >= 11 is 0. The van der Waals surface area contributed by atoms with E-state index in [9.17, 15) is 8.78 Å². The molecule has 1 aromatic heterocycles. The van der Waals surface area contributed by atoms with Crippen LogP contribution in [0.4, 0.5) is 14.6 Å². The largest absolute Gasteiger partial charge is 0.383 e. The maximum absolute atomic E-state index is 13.4. The van der Waals surface area contributed by atoms with E-state index in [2.05, 4.69) is 9.97 Å². The lowest BCUT2D eigenvalue weighted by Gasteiger charge is -2.04. The van der Waals surface area contributed by atoms with Crippen LogP contribution in [-0.2, 0) is 6.42 Å². The van der Waals surface area contributed by atoms with Crippen LogP contribution in [0.3, 0.4) is 0 Å². The van der Waals surface area contributed by atoms with Gasteiger partial charge in [0.25, 0.3) is 0 Å². The average Bonchev–Trinajstić information content (AvgIpc) is 2.19. The topological polar surface area (TPSA) is 51.8 Å². The summed E-state index contributed by atoms with van der Waals surface area (Å²) in [5.74, 6) is -0.839. The van der Waals surface area contributed by atoms with Gasteiger partial charge in [0.15, 0.2) is 5.82 Å². The van der Waals surface area contributed by atoms with E-state index in [1.807, 2.05) is 6.92 Å². The smallest absolute Gasteiger partial charge is 0.152 e. The first-order valence-electron chi connectivity index (χ1n) is 4.53. The Hall–Kier alpha value is -1.78. The van der Waals surface area contributed by atoms with Gasteiger partial charge in [0.05, 0.1) is 0 Å². The lowest BCUT2D eigenvalue weighted by atomic mass is 10.2. The molecule has 5 heteroatoms. The second-order valence-corrected chi connectivity index (χ2v) is 3.16. The molecule has 1 aromatic carbocycles. The van der Waals surface area contributed by atoms with Gasteiger partial charge in [-0.1, -0.05) is 6.92 Å². The highest BCUT2D eigenvalue weighted by Crippen LogP contribution is 2.22. The van der Waals surface area contributed by atoms with Crippen LogP contribution in [0.25, 0.3) is 10.9 Å². The third kappa shape index (κ3) is 1.60. The third-order valence-electron chi connectivity index (χ3n) is 2.11. The van der Waals surface area contributed by atoms with Crippen LogP contribution in [0.15, 0.2) is 12.1 Å². The van der Waals surface area contributed by atoms with Crippen molar-refractivity contribution in [3.05, 3.63) is 29.6 Å². The lowest BCUT2D eigenvalue weighted by molar-refractivity contribution is 0.590. The number of fused-ring (bicyclic) bond motifs is 1. The SMILES string of the molecule is CCc1nc(N)c2cc(F)cc(F)c2n1. The summed E-state index contributed by atoms with van der Waals surface area (Å²) in [4.78, 5) is 7.90. The summed E-state index contributed by atoms with van der Waals surface area (Å²) in [6.07, 6.45) is 0.553. The fourth-order valence-corrected chi connectivity index (χ4v) is 1.39. The van der Waals surface area contributed by atoms with Crippen molar-refractivity contribution in [2.24, 2.45) is 0 Å². The van der Waals surface area contributed by atoms with Gasteiger partial charge in [-0.2, -0.15) is 0 Å². The maximum Gasteiger partial charge on any atom is 0.152 e. The zero-order valence-corrected chi connectivity index (χ0v) is 8.09. The Kier molecular flexibility index (Phi) is 2.22. The molecule has 0 fully saturated rings. The van der Waals surface area contributed by atoms with Crippen LogP contribution >= 0.6 is 0 Å². The Bertz CT molecular complexity index is 526. The zero-order chi connectivity index (χ0) is 11.0. The number of hydrogen-bond acceptors (Lipinski definition) is 3. The van der Waals surface area contributed by atoms with Crippen molar-refractivity contribution in [3.8, 4) is 0 Å². The first-order valence-corrected chi connectivity index (χ1v) is 4.53. The minimum absolute atomic E-state index is 0.0701. The van der Waals surface area contributed by atoms with Gasteiger partial charge in [-0.25, -0.2) is 18.7 Å². The molecule has 0 atom stereocenters. The molecule has 15 heavy (non-hydrogen) atoms. The second kappa shape index (κ2) is 3.42.